The van der Waals surface area contributed by atoms with Gasteiger partial charge >= 0.3 is 0 Å². The summed E-state index contributed by atoms with van der Waals surface area (Å²) in [5.41, 5.74) is 8.36. The van der Waals surface area contributed by atoms with Crippen molar-refractivity contribution in [3.05, 3.63) is 59.7 Å². The van der Waals surface area contributed by atoms with E-state index in [1.807, 2.05) is 24.3 Å². The molecular weight excluding hydrogens is 276 g/mol. The zero-order valence-electron chi connectivity index (χ0n) is 13.5. The Balaban J connectivity index is 2.23. The van der Waals surface area contributed by atoms with Crippen LogP contribution in [0.5, 0.6) is 11.5 Å². The molecule has 1 atom stereocenters. The van der Waals surface area contributed by atoms with E-state index in [9.17, 15) is 0 Å². The van der Waals surface area contributed by atoms with Gasteiger partial charge < -0.3 is 15.2 Å². The Labute approximate surface area is 132 Å². The minimum absolute atomic E-state index is 0.0843. The maximum absolute atomic E-state index is 6.03. The van der Waals surface area contributed by atoms with Gasteiger partial charge in [-0.1, -0.05) is 36.4 Å². The molecule has 2 rings (SSSR count). The fraction of sp³-hybridized carbons (Fsp3) is 0.333. The summed E-state index contributed by atoms with van der Waals surface area (Å²) in [7, 11) is 5.40. The molecule has 1 unspecified atom stereocenters. The van der Waals surface area contributed by atoms with Crippen LogP contribution >= 0.6 is 0 Å². The molecule has 2 N–H and O–H groups in total. The van der Waals surface area contributed by atoms with Crippen molar-refractivity contribution in [1.29, 1.82) is 0 Å². The Bertz CT molecular complexity index is 587. The van der Waals surface area contributed by atoms with E-state index < -0.39 is 0 Å². The largest absolute Gasteiger partial charge is 0.497 e. The second-order valence-corrected chi connectivity index (χ2v) is 5.26. The summed E-state index contributed by atoms with van der Waals surface area (Å²) in [6.07, 6.45) is 0. The second kappa shape index (κ2) is 7.82. The van der Waals surface area contributed by atoms with Crippen LogP contribution in [-0.4, -0.2) is 32.7 Å². The van der Waals surface area contributed by atoms with E-state index in [0.717, 1.165) is 23.6 Å². The number of ether oxygens (including phenoxy) is 2. The molecule has 0 aliphatic rings. The molecule has 118 valence electrons. The average molecular weight is 300 g/mol. The van der Waals surface area contributed by atoms with Crippen LogP contribution in [0, 0.1) is 0 Å². The molecule has 0 bridgehead atoms. The molecule has 2 aromatic rings. The Hall–Kier alpha value is -2.04. The van der Waals surface area contributed by atoms with Crippen molar-refractivity contribution in [3.63, 3.8) is 0 Å². The van der Waals surface area contributed by atoms with Gasteiger partial charge in [0, 0.05) is 24.7 Å². The summed E-state index contributed by atoms with van der Waals surface area (Å²) < 4.78 is 10.8. The molecule has 0 heterocycles. The van der Waals surface area contributed by atoms with Crippen LogP contribution in [0.2, 0.25) is 0 Å². The lowest BCUT2D eigenvalue weighted by molar-refractivity contribution is 0.236. The third-order valence-electron chi connectivity index (χ3n) is 3.83. The molecule has 2 aromatic carbocycles. The molecule has 0 aliphatic carbocycles. The number of benzene rings is 2. The SMILES string of the molecule is COc1ccc(C(CN)N(C)Cc2ccccc2)c(OC)c1. The summed E-state index contributed by atoms with van der Waals surface area (Å²) in [4.78, 5) is 2.24. The van der Waals surface area contributed by atoms with Gasteiger partial charge in [0.1, 0.15) is 11.5 Å². The molecule has 22 heavy (non-hydrogen) atoms. The van der Waals surface area contributed by atoms with E-state index >= 15 is 0 Å². The van der Waals surface area contributed by atoms with Crippen molar-refractivity contribution in [2.45, 2.75) is 12.6 Å². The zero-order valence-corrected chi connectivity index (χ0v) is 13.5. The first kappa shape index (κ1) is 16.3. The number of hydrogen-bond donors (Lipinski definition) is 1. The lowest BCUT2D eigenvalue weighted by Crippen LogP contribution is -2.30. The zero-order chi connectivity index (χ0) is 15.9. The summed E-state index contributed by atoms with van der Waals surface area (Å²) in [5, 5.41) is 0. The van der Waals surface area contributed by atoms with Crippen molar-refractivity contribution in [2.24, 2.45) is 5.73 Å². The lowest BCUT2D eigenvalue weighted by atomic mass is 10.0. The van der Waals surface area contributed by atoms with Crippen LogP contribution in [0.4, 0.5) is 0 Å². The highest BCUT2D eigenvalue weighted by Gasteiger charge is 2.20. The fourth-order valence-electron chi connectivity index (χ4n) is 2.62. The number of likely N-dealkylation sites (N-methyl/N-ethyl adjacent to an activating group) is 1. The maximum atomic E-state index is 6.03. The second-order valence-electron chi connectivity index (χ2n) is 5.26. The molecule has 4 nitrogen and oxygen atoms in total. The van der Waals surface area contributed by atoms with Crippen LogP contribution in [0.15, 0.2) is 48.5 Å². The predicted octanol–water partition coefficient (Wildman–Crippen LogP) is 2.84. The first-order chi connectivity index (χ1) is 10.7. The van der Waals surface area contributed by atoms with E-state index in [0.29, 0.717) is 6.54 Å². The molecular formula is C18H24N2O2. The molecule has 0 saturated carbocycles. The summed E-state index contributed by atoms with van der Waals surface area (Å²) in [6.45, 7) is 1.35. The van der Waals surface area contributed by atoms with Crippen LogP contribution in [0.1, 0.15) is 17.2 Å². The minimum Gasteiger partial charge on any atom is -0.497 e. The van der Waals surface area contributed by atoms with Gasteiger partial charge in [-0.05, 0) is 18.7 Å². The van der Waals surface area contributed by atoms with Crippen LogP contribution in [0.3, 0.4) is 0 Å². The van der Waals surface area contributed by atoms with E-state index in [1.54, 1.807) is 14.2 Å². The Morgan fingerprint density at radius 2 is 1.77 bits per heavy atom. The molecule has 0 radical (unpaired) electrons. The van der Waals surface area contributed by atoms with Crippen LogP contribution < -0.4 is 15.2 Å². The van der Waals surface area contributed by atoms with Gasteiger partial charge in [-0.25, -0.2) is 0 Å². The predicted molar refractivity (Wildman–Crippen MR) is 89.3 cm³/mol. The van der Waals surface area contributed by atoms with Crippen LogP contribution in [0.25, 0.3) is 0 Å². The number of hydrogen-bond acceptors (Lipinski definition) is 4. The standard InChI is InChI=1S/C18H24N2O2/c1-20(13-14-7-5-4-6-8-14)17(12-19)16-10-9-15(21-2)11-18(16)22-3/h4-11,17H,12-13,19H2,1-3H3. The number of nitrogens with two attached hydrogens (primary N) is 1. The summed E-state index contributed by atoms with van der Waals surface area (Å²) in [5.74, 6) is 1.58. The molecule has 0 fully saturated rings. The van der Waals surface area contributed by atoms with Gasteiger partial charge in [0.15, 0.2) is 0 Å². The quantitative estimate of drug-likeness (QED) is 0.854. The topological polar surface area (TPSA) is 47.7 Å². The van der Waals surface area contributed by atoms with Crippen LogP contribution in [-0.2, 0) is 6.54 Å². The molecule has 4 heteroatoms. The van der Waals surface area contributed by atoms with Crippen molar-refractivity contribution in [3.8, 4) is 11.5 Å². The van der Waals surface area contributed by atoms with Gasteiger partial charge in [0.2, 0.25) is 0 Å². The third kappa shape index (κ3) is 3.78. The van der Waals surface area contributed by atoms with Crippen molar-refractivity contribution in [1.82, 2.24) is 4.90 Å². The summed E-state index contributed by atoms with van der Waals surface area (Å²) in [6, 6.07) is 16.3. The molecule has 0 saturated heterocycles. The minimum atomic E-state index is 0.0843. The van der Waals surface area contributed by atoms with Crippen molar-refractivity contribution >= 4 is 0 Å². The third-order valence-corrected chi connectivity index (χ3v) is 3.83. The van der Waals surface area contributed by atoms with Gasteiger partial charge in [0.25, 0.3) is 0 Å². The summed E-state index contributed by atoms with van der Waals surface area (Å²) >= 11 is 0. The lowest BCUT2D eigenvalue weighted by Gasteiger charge is -2.28. The first-order valence-corrected chi connectivity index (χ1v) is 7.35. The van der Waals surface area contributed by atoms with Gasteiger partial charge in [0.05, 0.1) is 20.3 Å². The van der Waals surface area contributed by atoms with E-state index in [2.05, 4.69) is 36.2 Å². The van der Waals surface area contributed by atoms with Gasteiger partial charge in [-0.2, -0.15) is 0 Å². The van der Waals surface area contributed by atoms with Crippen molar-refractivity contribution in [2.75, 3.05) is 27.8 Å². The highest BCUT2D eigenvalue weighted by atomic mass is 16.5. The van der Waals surface area contributed by atoms with E-state index in [1.165, 1.54) is 5.56 Å². The molecule has 0 amide bonds. The maximum Gasteiger partial charge on any atom is 0.127 e. The van der Waals surface area contributed by atoms with Gasteiger partial charge in [-0.15, -0.1) is 0 Å². The highest BCUT2D eigenvalue weighted by Crippen LogP contribution is 2.32. The Kier molecular flexibility index (Phi) is 5.81. The number of methoxy groups -OCH3 is 2. The Morgan fingerprint density at radius 1 is 1.05 bits per heavy atom. The van der Waals surface area contributed by atoms with Gasteiger partial charge in [-0.3, -0.25) is 4.90 Å². The number of rotatable bonds is 7. The molecule has 0 spiro atoms. The number of nitrogens with zero attached hydrogens (tertiary/aromatic N) is 1. The highest BCUT2D eigenvalue weighted by molar-refractivity contribution is 5.42. The monoisotopic (exact) mass is 300 g/mol. The van der Waals surface area contributed by atoms with E-state index in [4.69, 9.17) is 15.2 Å². The molecule has 0 aliphatic heterocycles. The van der Waals surface area contributed by atoms with Crippen molar-refractivity contribution < 1.29 is 9.47 Å². The Morgan fingerprint density at radius 3 is 2.36 bits per heavy atom. The normalized spacial score (nSPS) is 12.2. The fourth-order valence-corrected chi connectivity index (χ4v) is 2.62. The smallest absolute Gasteiger partial charge is 0.127 e. The average Bonchev–Trinajstić information content (AvgIpc) is 2.56. The molecule has 0 aromatic heterocycles. The van der Waals surface area contributed by atoms with E-state index in [-0.39, 0.29) is 6.04 Å². The first-order valence-electron chi connectivity index (χ1n) is 7.35.